The molecular weight excluding hydrogens is 202 g/mol. The lowest BCUT2D eigenvalue weighted by molar-refractivity contribution is 0.649. The van der Waals surface area contributed by atoms with Crippen LogP contribution in [0.4, 0.5) is 0 Å². The second-order valence-electron chi connectivity index (χ2n) is 4.45. The number of fused-ring (bicyclic) bond motifs is 1. The lowest BCUT2D eigenvalue weighted by Gasteiger charge is -2.04. The topological polar surface area (TPSA) is 55.1 Å². The molecule has 0 aromatic carbocycles. The fourth-order valence-electron chi connectivity index (χ4n) is 1.94. The van der Waals surface area contributed by atoms with Gasteiger partial charge in [0.2, 0.25) is 0 Å². The van der Waals surface area contributed by atoms with Gasteiger partial charge >= 0.3 is 0 Å². The molecule has 0 unspecified atom stereocenters. The molecule has 0 saturated heterocycles. The Balaban J connectivity index is 1.97. The number of nitrogens with one attached hydrogen (secondary N) is 1. The minimum atomic E-state index is 0.686. The van der Waals surface area contributed by atoms with Crippen molar-refractivity contribution in [3.05, 3.63) is 23.3 Å². The summed E-state index contributed by atoms with van der Waals surface area (Å²) in [5.41, 5.74) is 2.12. The minimum absolute atomic E-state index is 0.686. The van der Waals surface area contributed by atoms with Crippen molar-refractivity contribution < 1.29 is 0 Å². The molecular formula is C11H15N5. The van der Waals surface area contributed by atoms with Gasteiger partial charge in [-0.25, -0.2) is 4.98 Å². The molecule has 3 rings (SSSR count). The molecule has 0 bridgehead atoms. The monoisotopic (exact) mass is 217 g/mol. The van der Waals surface area contributed by atoms with Gasteiger partial charge in [-0.15, -0.1) is 10.2 Å². The van der Waals surface area contributed by atoms with Crippen molar-refractivity contribution in [1.29, 1.82) is 0 Å². The number of hydrogen-bond acceptors (Lipinski definition) is 4. The molecule has 2 aromatic rings. The quantitative estimate of drug-likeness (QED) is 0.833. The maximum atomic E-state index is 4.36. The third-order valence-electron chi connectivity index (χ3n) is 2.89. The molecule has 2 aromatic heterocycles. The molecule has 1 N–H and O–H groups in total. The summed E-state index contributed by atoms with van der Waals surface area (Å²) in [6.45, 7) is 4.81. The van der Waals surface area contributed by atoms with Crippen molar-refractivity contribution in [1.82, 2.24) is 24.9 Å². The number of nitrogens with zero attached hydrogens (tertiary/aromatic N) is 4. The fourth-order valence-corrected chi connectivity index (χ4v) is 1.94. The summed E-state index contributed by atoms with van der Waals surface area (Å²) in [4.78, 5) is 4.36. The van der Waals surface area contributed by atoms with E-state index in [1.807, 2.05) is 11.3 Å². The molecule has 0 spiro atoms. The maximum absolute atomic E-state index is 4.36. The summed E-state index contributed by atoms with van der Waals surface area (Å²) in [5, 5.41) is 11.7. The zero-order chi connectivity index (χ0) is 11.1. The van der Waals surface area contributed by atoms with Crippen LogP contribution in [0, 0.1) is 13.8 Å². The van der Waals surface area contributed by atoms with Gasteiger partial charge in [0.25, 0.3) is 5.78 Å². The van der Waals surface area contributed by atoms with E-state index in [4.69, 9.17) is 0 Å². The first-order valence-corrected chi connectivity index (χ1v) is 5.65. The summed E-state index contributed by atoms with van der Waals surface area (Å²) < 4.78 is 2.02. The summed E-state index contributed by atoms with van der Waals surface area (Å²) in [7, 11) is 0. The third-order valence-corrected chi connectivity index (χ3v) is 2.89. The van der Waals surface area contributed by atoms with Crippen LogP contribution in [0.25, 0.3) is 5.78 Å². The van der Waals surface area contributed by atoms with E-state index in [1.165, 1.54) is 12.8 Å². The highest BCUT2D eigenvalue weighted by atomic mass is 15.3. The molecule has 0 amide bonds. The smallest absolute Gasteiger partial charge is 0.255 e. The number of hydrogen-bond donors (Lipinski definition) is 1. The molecule has 5 heteroatoms. The largest absolute Gasteiger partial charge is 0.307 e. The van der Waals surface area contributed by atoms with Gasteiger partial charge in [-0.05, 0) is 32.8 Å². The Kier molecular flexibility index (Phi) is 2.14. The molecule has 0 atom stereocenters. The van der Waals surface area contributed by atoms with Crippen LogP contribution in [0.2, 0.25) is 0 Å². The van der Waals surface area contributed by atoms with Crippen LogP contribution in [0.15, 0.2) is 6.07 Å². The van der Waals surface area contributed by atoms with Crippen LogP contribution in [0.3, 0.4) is 0 Å². The third kappa shape index (κ3) is 1.67. The first kappa shape index (κ1) is 9.72. The normalized spacial score (nSPS) is 15.9. The van der Waals surface area contributed by atoms with Crippen molar-refractivity contribution in [3.8, 4) is 0 Å². The maximum Gasteiger partial charge on any atom is 0.255 e. The highest BCUT2D eigenvalue weighted by Crippen LogP contribution is 2.19. The molecule has 1 aliphatic rings. The molecule has 0 aliphatic heterocycles. The van der Waals surface area contributed by atoms with E-state index in [2.05, 4.69) is 33.5 Å². The Morgan fingerprint density at radius 1 is 1.38 bits per heavy atom. The Labute approximate surface area is 93.9 Å². The Morgan fingerprint density at radius 2 is 2.19 bits per heavy atom. The van der Waals surface area contributed by atoms with Gasteiger partial charge in [0.05, 0.1) is 6.54 Å². The molecule has 2 heterocycles. The summed E-state index contributed by atoms with van der Waals surface area (Å²) in [6.07, 6.45) is 2.57. The second kappa shape index (κ2) is 3.52. The van der Waals surface area contributed by atoms with Crippen molar-refractivity contribution in [3.63, 3.8) is 0 Å². The van der Waals surface area contributed by atoms with E-state index in [1.54, 1.807) is 0 Å². The van der Waals surface area contributed by atoms with Crippen molar-refractivity contribution >= 4 is 5.78 Å². The van der Waals surface area contributed by atoms with Gasteiger partial charge in [-0.1, -0.05) is 0 Å². The highest BCUT2D eigenvalue weighted by Gasteiger charge is 2.21. The van der Waals surface area contributed by atoms with Crippen molar-refractivity contribution in [2.75, 3.05) is 0 Å². The predicted molar refractivity (Wildman–Crippen MR) is 60.1 cm³/mol. The van der Waals surface area contributed by atoms with Gasteiger partial charge in [-0.2, -0.15) is 0 Å². The predicted octanol–water partition coefficient (Wildman–Crippen LogP) is 0.993. The zero-order valence-corrected chi connectivity index (χ0v) is 9.56. The van der Waals surface area contributed by atoms with Crippen molar-refractivity contribution in [2.45, 2.75) is 39.3 Å². The van der Waals surface area contributed by atoms with E-state index in [-0.39, 0.29) is 0 Å². The van der Waals surface area contributed by atoms with Gasteiger partial charge in [0.1, 0.15) is 0 Å². The lowest BCUT2D eigenvalue weighted by atomic mass is 10.3. The van der Waals surface area contributed by atoms with E-state index in [0.29, 0.717) is 11.8 Å². The van der Waals surface area contributed by atoms with Gasteiger partial charge in [0.15, 0.2) is 5.82 Å². The Bertz CT molecular complexity index is 526. The fraction of sp³-hybridized carbons (Fsp3) is 0.545. The van der Waals surface area contributed by atoms with E-state index < -0.39 is 0 Å². The summed E-state index contributed by atoms with van der Waals surface area (Å²) in [6, 6.07) is 2.74. The molecule has 0 radical (unpaired) electrons. The Hall–Kier alpha value is -1.49. The highest BCUT2D eigenvalue weighted by molar-refractivity contribution is 5.32. The van der Waals surface area contributed by atoms with E-state index in [0.717, 1.165) is 23.8 Å². The number of rotatable bonds is 3. The molecule has 5 nitrogen and oxygen atoms in total. The minimum Gasteiger partial charge on any atom is -0.307 e. The van der Waals surface area contributed by atoms with Crippen LogP contribution in [-0.2, 0) is 6.54 Å². The first-order chi connectivity index (χ1) is 7.74. The van der Waals surface area contributed by atoms with Gasteiger partial charge < -0.3 is 5.32 Å². The standard InChI is InChI=1S/C11H15N5/c1-7-5-8(2)16-10(6-12-9-3-4-9)14-15-11(16)13-7/h5,9,12H,3-4,6H2,1-2H3. The SMILES string of the molecule is Cc1cc(C)n2c(CNC3CC3)nnc2n1. The van der Waals surface area contributed by atoms with Gasteiger partial charge in [-0.3, -0.25) is 4.40 Å². The molecule has 16 heavy (non-hydrogen) atoms. The lowest BCUT2D eigenvalue weighted by Crippen LogP contribution is -2.18. The molecule has 1 saturated carbocycles. The van der Waals surface area contributed by atoms with E-state index in [9.17, 15) is 0 Å². The summed E-state index contributed by atoms with van der Waals surface area (Å²) >= 11 is 0. The molecule has 1 fully saturated rings. The van der Waals surface area contributed by atoms with Crippen LogP contribution >= 0.6 is 0 Å². The van der Waals surface area contributed by atoms with Crippen LogP contribution in [0.5, 0.6) is 0 Å². The van der Waals surface area contributed by atoms with Gasteiger partial charge in [0, 0.05) is 17.4 Å². The Morgan fingerprint density at radius 3 is 2.94 bits per heavy atom. The number of aromatic nitrogens is 4. The summed E-state index contributed by atoms with van der Waals surface area (Å²) in [5.74, 6) is 1.65. The first-order valence-electron chi connectivity index (χ1n) is 5.65. The van der Waals surface area contributed by atoms with E-state index >= 15 is 0 Å². The van der Waals surface area contributed by atoms with Crippen molar-refractivity contribution in [2.24, 2.45) is 0 Å². The molecule has 84 valence electrons. The number of aryl methyl sites for hydroxylation is 2. The second-order valence-corrected chi connectivity index (χ2v) is 4.45. The van der Waals surface area contributed by atoms with Crippen LogP contribution < -0.4 is 5.32 Å². The molecule has 1 aliphatic carbocycles. The van der Waals surface area contributed by atoms with Crippen LogP contribution in [0.1, 0.15) is 30.1 Å². The average molecular weight is 217 g/mol. The average Bonchev–Trinajstić information content (AvgIpc) is 2.96. The zero-order valence-electron chi connectivity index (χ0n) is 9.56. The van der Waals surface area contributed by atoms with Crippen LogP contribution in [-0.4, -0.2) is 25.6 Å².